The number of hydrogen-bond donors (Lipinski definition) is 2. The van der Waals surface area contributed by atoms with Gasteiger partial charge in [0.15, 0.2) is 5.82 Å². The largest absolute Gasteiger partial charge is 0.356 e. The molecule has 1 saturated carbocycles. The van der Waals surface area contributed by atoms with Crippen molar-refractivity contribution in [3.05, 3.63) is 30.1 Å². The molecule has 8 nitrogen and oxygen atoms in total. The van der Waals surface area contributed by atoms with E-state index in [1.807, 2.05) is 31.2 Å². The molecule has 150 valence electrons. The number of hydrogen-bond acceptors (Lipinski definition) is 5. The first-order valence-electron chi connectivity index (χ1n) is 10.0. The summed E-state index contributed by atoms with van der Waals surface area (Å²) in [5.41, 5.74) is 1.45. The van der Waals surface area contributed by atoms with Gasteiger partial charge in [0.05, 0.1) is 5.69 Å². The van der Waals surface area contributed by atoms with E-state index in [1.165, 1.54) is 0 Å². The van der Waals surface area contributed by atoms with E-state index in [9.17, 15) is 9.59 Å². The van der Waals surface area contributed by atoms with E-state index in [1.54, 1.807) is 4.68 Å². The molecule has 2 N–H and O–H groups in total. The second kappa shape index (κ2) is 9.43. The first-order valence-corrected chi connectivity index (χ1v) is 10.0. The van der Waals surface area contributed by atoms with Gasteiger partial charge in [-0.05, 0) is 54.8 Å². The van der Waals surface area contributed by atoms with Gasteiger partial charge in [0, 0.05) is 24.1 Å². The standard InChI is InChI=1S/C20H28N6O2/c1-3-4-12-21-19(27)17-10-5-6-11-18(17)20(28)22-15-8-7-9-16(13-15)26-14(2)23-24-25-26/h7-9,13,17-18H,3-6,10-12H2,1-2H3,(H,21,27)(H,22,28)/t17-,18+/m1/s1. The van der Waals surface area contributed by atoms with Crippen molar-refractivity contribution in [2.45, 2.75) is 52.4 Å². The molecule has 28 heavy (non-hydrogen) atoms. The molecule has 0 aliphatic heterocycles. The third-order valence-electron chi connectivity index (χ3n) is 5.25. The highest BCUT2D eigenvalue weighted by molar-refractivity contribution is 5.96. The monoisotopic (exact) mass is 384 g/mol. The third-order valence-corrected chi connectivity index (χ3v) is 5.25. The number of benzene rings is 1. The summed E-state index contributed by atoms with van der Waals surface area (Å²) in [6, 6.07) is 7.39. The zero-order chi connectivity index (χ0) is 19.9. The highest BCUT2D eigenvalue weighted by Crippen LogP contribution is 2.31. The van der Waals surface area contributed by atoms with Gasteiger partial charge < -0.3 is 10.6 Å². The first kappa shape index (κ1) is 20.0. The van der Waals surface area contributed by atoms with Crippen molar-refractivity contribution < 1.29 is 9.59 Å². The molecule has 3 rings (SSSR count). The quantitative estimate of drug-likeness (QED) is 0.715. The lowest BCUT2D eigenvalue weighted by Gasteiger charge is -2.29. The van der Waals surface area contributed by atoms with Crippen molar-refractivity contribution in [3.8, 4) is 5.69 Å². The number of nitrogens with one attached hydrogen (secondary N) is 2. The summed E-state index contributed by atoms with van der Waals surface area (Å²) in [6.07, 6.45) is 5.46. The van der Waals surface area contributed by atoms with E-state index < -0.39 is 0 Å². The van der Waals surface area contributed by atoms with Crippen molar-refractivity contribution in [1.29, 1.82) is 0 Å². The lowest BCUT2D eigenvalue weighted by atomic mass is 9.78. The summed E-state index contributed by atoms with van der Waals surface area (Å²) in [4.78, 5) is 25.5. The Labute approximate surface area is 165 Å². The first-order chi connectivity index (χ1) is 13.6. The van der Waals surface area contributed by atoms with Crippen molar-refractivity contribution >= 4 is 17.5 Å². The van der Waals surface area contributed by atoms with Gasteiger partial charge in [-0.3, -0.25) is 9.59 Å². The smallest absolute Gasteiger partial charge is 0.228 e. The van der Waals surface area contributed by atoms with E-state index in [-0.39, 0.29) is 23.7 Å². The maximum absolute atomic E-state index is 12.9. The van der Waals surface area contributed by atoms with Gasteiger partial charge in [0.2, 0.25) is 11.8 Å². The number of aryl methyl sites for hydroxylation is 1. The van der Waals surface area contributed by atoms with Crippen LogP contribution < -0.4 is 10.6 Å². The summed E-state index contributed by atoms with van der Waals surface area (Å²) in [7, 11) is 0. The Morgan fingerprint density at radius 3 is 2.61 bits per heavy atom. The van der Waals surface area contributed by atoms with Crippen LogP contribution in [-0.2, 0) is 9.59 Å². The fourth-order valence-corrected chi connectivity index (χ4v) is 3.70. The van der Waals surface area contributed by atoms with Gasteiger partial charge in [-0.25, -0.2) is 0 Å². The number of tetrazole rings is 1. The minimum atomic E-state index is -0.297. The summed E-state index contributed by atoms with van der Waals surface area (Å²) >= 11 is 0. The van der Waals surface area contributed by atoms with Crippen LogP contribution in [0.15, 0.2) is 24.3 Å². The van der Waals surface area contributed by atoms with Crippen molar-refractivity contribution in [3.63, 3.8) is 0 Å². The normalized spacial score (nSPS) is 19.2. The van der Waals surface area contributed by atoms with Crippen molar-refractivity contribution in [2.24, 2.45) is 11.8 Å². The summed E-state index contributed by atoms with van der Waals surface area (Å²) < 4.78 is 1.61. The summed E-state index contributed by atoms with van der Waals surface area (Å²) in [6.45, 7) is 4.58. The number of rotatable bonds is 7. The van der Waals surface area contributed by atoms with E-state index in [2.05, 4.69) is 33.1 Å². The Hall–Kier alpha value is -2.77. The molecule has 1 fully saturated rings. The zero-order valence-electron chi connectivity index (χ0n) is 16.5. The molecule has 0 spiro atoms. The molecule has 2 amide bonds. The van der Waals surface area contributed by atoms with Crippen LogP contribution in [0.2, 0.25) is 0 Å². The van der Waals surface area contributed by atoms with E-state index in [0.717, 1.165) is 44.2 Å². The molecule has 0 saturated heterocycles. The number of carbonyl (C=O) groups excluding carboxylic acids is 2. The lowest BCUT2D eigenvalue weighted by molar-refractivity contribution is -0.134. The summed E-state index contributed by atoms with van der Waals surface area (Å²) in [5, 5.41) is 17.5. The van der Waals surface area contributed by atoms with E-state index >= 15 is 0 Å². The molecule has 8 heteroatoms. The van der Waals surface area contributed by atoms with Crippen molar-refractivity contribution in [2.75, 3.05) is 11.9 Å². The van der Waals surface area contributed by atoms with Gasteiger partial charge in [0.25, 0.3) is 0 Å². The Kier molecular flexibility index (Phi) is 6.73. The fraction of sp³-hybridized carbons (Fsp3) is 0.550. The molecular formula is C20H28N6O2. The van der Waals surface area contributed by atoms with Gasteiger partial charge in [-0.1, -0.05) is 32.3 Å². The van der Waals surface area contributed by atoms with Crippen LogP contribution >= 0.6 is 0 Å². The van der Waals surface area contributed by atoms with Crippen LogP contribution in [0.4, 0.5) is 5.69 Å². The second-order valence-electron chi connectivity index (χ2n) is 7.32. The lowest BCUT2D eigenvalue weighted by Crippen LogP contribution is -2.41. The van der Waals surface area contributed by atoms with E-state index in [0.29, 0.717) is 18.1 Å². The molecule has 0 bridgehead atoms. The molecule has 1 heterocycles. The Balaban J connectivity index is 1.69. The molecular weight excluding hydrogens is 356 g/mol. The van der Waals surface area contributed by atoms with Crippen LogP contribution in [0, 0.1) is 18.8 Å². The number of unbranched alkanes of at least 4 members (excludes halogenated alkanes) is 1. The predicted octanol–water partition coefficient (Wildman–Crippen LogP) is 2.63. The van der Waals surface area contributed by atoms with Crippen LogP contribution in [-0.4, -0.2) is 38.6 Å². The molecule has 1 aromatic carbocycles. The number of nitrogens with zero attached hydrogens (tertiary/aromatic N) is 4. The van der Waals surface area contributed by atoms with Gasteiger partial charge in [0.1, 0.15) is 0 Å². The second-order valence-corrected chi connectivity index (χ2v) is 7.32. The fourth-order valence-electron chi connectivity index (χ4n) is 3.70. The van der Waals surface area contributed by atoms with Crippen LogP contribution in [0.1, 0.15) is 51.3 Å². The van der Waals surface area contributed by atoms with Crippen molar-refractivity contribution in [1.82, 2.24) is 25.5 Å². The number of amides is 2. The number of carbonyl (C=O) groups is 2. The Morgan fingerprint density at radius 1 is 1.18 bits per heavy atom. The summed E-state index contributed by atoms with van der Waals surface area (Å²) in [5.74, 6) is 0.0243. The van der Waals surface area contributed by atoms with Crippen LogP contribution in [0.5, 0.6) is 0 Å². The Bertz CT molecular complexity index is 819. The predicted molar refractivity (Wildman–Crippen MR) is 106 cm³/mol. The highest BCUT2D eigenvalue weighted by Gasteiger charge is 2.35. The molecule has 1 aromatic heterocycles. The minimum Gasteiger partial charge on any atom is -0.356 e. The topological polar surface area (TPSA) is 102 Å². The molecule has 1 aliphatic rings. The number of aromatic nitrogens is 4. The number of anilines is 1. The average Bonchev–Trinajstić information content (AvgIpc) is 3.14. The average molecular weight is 384 g/mol. The van der Waals surface area contributed by atoms with Gasteiger partial charge >= 0.3 is 0 Å². The molecule has 0 unspecified atom stereocenters. The molecule has 1 aliphatic carbocycles. The SMILES string of the molecule is CCCCNC(=O)[C@@H]1CCCC[C@@H]1C(=O)Nc1cccc(-n2nnnc2C)c1. The molecule has 0 radical (unpaired) electrons. The Morgan fingerprint density at radius 2 is 1.93 bits per heavy atom. The molecule has 2 atom stereocenters. The molecule has 2 aromatic rings. The zero-order valence-corrected chi connectivity index (χ0v) is 16.5. The maximum atomic E-state index is 12.9. The van der Waals surface area contributed by atoms with Crippen LogP contribution in [0.25, 0.3) is 5.69 Å². The minimum absolute atomic E-state index is 0.00589. The van der Waals surface area contributed by atoms with Gasteiger partial charge in [-0.15, -0.1) is 5.10 Å². The van der Waals surface area contributed by atoms with E-state index in [4.69, 9.17) is 0 Å². The van der Waals surface area contributed by atoms with Gasteiger partial charge in [-0.2, -0.15) is 4.68 Å². The van der Waals surface area contributed by atoms with Crippen LogP contribution in [0.3, 0.4) is 0 Å². The third kappa shape index (κ3) is 4.74. The maximum Gasteiger partial charge on any atom is 0.228 e. The highest BCUT2D eigenvalue weighted by atomic mass is 16.2.